The van der Waals surface area contributed by atoms with Gasteiger partial charge in [0.1, 0.15) is 0 Å². The standard InChI is InChI=1S/C6H9ClN2/c1-4(8)3-6(7)5(2)9/h3,8-9H,1-2H3/b6-3+,8-4?,9-5?. The molecule has 2 nitrogen and oxygen atoms in total. The second-order valence-corrected chi connectivity index (χ2v) is 2.21. The lowest BCUT2D eigenvalue weighted by Gasteiger charge is -1.90. The summed E-state index contributed by atoms with van der Waals surface area (Å²) in [6.45, 7) is 3.20. The summed E-state index contributed by atoms with van der Waals surface area (Å²) in [5.74, 6) is 0. The summed E-state index contributed by atoms with van der Waals surface area (Å²) in [5.41, 5.74) is 0.662. The molecule has 0 bridgehead atoms. The van der Waals surface area contributed by atoms with E-state index in [-0.39, 0.29) is 0 Å². The number of nitrogens with one attached hydrogen (secondary N) is 2. The van der Waals surface area contributed by atoms with E-state index < -0.39 is 0 Å². The molecule has 0 atom stereocenters. The first-order chi connectivity index (χ1) is 4.04. The number of hydrogen-bond donors (Lipinski definition) is 2. The van der Waals surface area contributed by atoms with Crippen molar-refractivity contribution in [3.8, 4) is 0 Å². The largest absolute Gasteiger partial charge is 0.306 e. The first-order valence-electron chi connectivity index (χ1n) is 2.52. The third kappa shape index (κ3) is 3.91. The van der Waals surface area contributed by atoms with Gasteiger partial charge in [0.25, 0.3) is 0 Å². The Morgan fingerprint density at radius 3 is 1.89 bits per heavy atom. The molecule has 9 heavy (non-hydrogen) atoms. The van der Waals surface area contributed by atoms with Gasteiger partial charge in [-0.1, -0.05) is 11.6 Å². The van der Waals surface area contributed by atoms with Crippen LogP contribution in [0.25, 0.3) is 0 Å². The minimum atomic E-state index is 0.295. The van der Waals surface area contributed by atoms with E-state index in [0.717, 1.165) is 0 Å². The maximum atomic E-state index is 7.00. The first-order valence-corrected chi connectivity index (χ1v) is 2.89. The minimum Gasteiger partial charge on any atom is -0.306 e. The van der Waals surface area contributed by atoms with Crippen LogP contribution in [0.3, 0.4) is 0 Å². The predicted molar refractivity (Wildman–Crippen MR) is 40.7 cm³/mol. The maximum absolute atomic E-state index is 7.00. The molecule has 0 spiro atoms. The highest BCUT2D eigenvalue weighted by atomic mass is 35.5. The second kappa shape index (κ2) is 3.41. The molecule has 50 valence electrons. The van der Waals surface area contributed by atoms with E-state index in [2.05, 4.69) is 0 Å². The van der Waals surface area contributed by atoms with Crippen LogP contribution >= 0.6 is 11.6 Å². The zero-order chi connectivity index (χ0) is 7.44. The van der Waals surface area contributed by atoms with Crippen molar-refractivity contribution in [2.45, 2.75) is 13.8 Å². The van der Waals surface area contributed by atoms with Crippen LogP contribution in [0.2, 0.25) is 0 Å². The topological polar surface area (TPSA) is 47.7 Å². The van der Waals surface area contributed by atoms with Gasteiger partial charge in [0, 0.05) is 11.4 Å². The summed E-state index contributed by atoms with van der Waals surface area (Å²) in [6, 6.07) is 0. The van der Waals surface area contributed by atoms with E-state index in [1.54, 1.807) is 13.8 Å². The summed E-state index contributed by atoms with van der Waals surface area (Å²) in [4.78, 5) is 0. The fourth-order valence-electron chi connectivity index (χ4n) is 0.298. The number of rotatable bonds is 2. The van der Waals surface area contributed by atoms with Crippen molar-refractivity contribution < 1.29 is 0 Å². The molecule has 0 rings (SSSR count). The van der Waals surface area contributed by atoms with Crippen molar-refractivity contribution in [1.29, 1.82) is 10.8 Å². The molecule has 0 unspecified atom stereocenters. The summed E-state index contributed by atoms with van der Waals surface area (Å²) in [7, 11) is 0. The molecular weight excluding hydrogens is 136 g/mol. The van der Waals surface area contributed by atoms with Crippen LogP contribution in [0, 0.1) is 10.8 Å². The molecule has 0 aliphatic rings. The average Bonchev–Trinajstić information content (AvgIpc) is 1.63. The van der Waals surface area contributed by atoms with Gasteiger partial charge >= 0.3 is 0 Å². The van der Waals surface area contributed by atoms with E-state index in [0.29, 0.717) is 16.5 Å². The fourth-order valence-corrected chi connectivity index (χ4v) is 0.462. The lowest BCUT2D eigenvalue weighted by atomic mass is 10.3. The fraction of sp³-hybridized carbons (Fsp3) is 0.333. The Balaban J connectivity index is 4.17. The Bertz CT molecular complexity index is 170. The quantitative estimate of drug-likeness (QED) is 0.559. The summed E-state index contributed by atoms with van der Waals surface area (Å²) >= 11 is 5.51. The number of hydrogen-bond acceptors (Lipinski definition) is 2. The highest BCUT2D eigenvalue weighted by Gasteiger charge is 1.92. The zero-order valence-electron chi connectivity index (χ0n) is 5.46. The predicted octanol–water partition coefficient (Wildman–Crippen LogP) is 2.19. The van der Waals surface area contributed by atoms with Crippen molar-refractivity contribution in [2.24, 2.45) is 0 Å². The molecular formula is C6H9ClN2. The van der Waals surface area contributed by atoms with E-state index >= 15 is 0 Å². The third-order valence-electron chi connectivity index (χ3n) is 0.701. The third-order valence-corrected chi connectivity index (χ3v) is 1.09. The van der Waals surface area contributed by atoms with Crippen molar-refractivity contribution in [2.75, 3.05) is 0 Å². The summed E-state index contributed by atoms with van der Waals surface area (Å²) < 4.78 is 0. The average molecular weight is 145 g/mol. The smallest absolute Gasteiger partial charge is 0.0628 e. The molecule has 0 radical (unpaired) electrons. The van der Waals surface area contributed by atoms with Gasteiger partial charge in [-0.25, -0.2) is 0 Å². The van der Waals surface area contributed by atoms with E-state index in [1.807, 2.05) is 0 Å². The first kappa shape index (κ1) is 8.37. The van der Waals surface area contributed by atoms with Gasteiger partial charge in [0.2, 0.25) is 0 Å². The van der Waals surface area contributed by atoms with E-state index in [1.165, 1.54) is 6.08 Å². The number of allylic oxidation sites excluding steroid dienone is 2. The van der Waals surface area contributed by atoms with Crippen LogP contribution in [0.15, 0.2) is 11.1 Å². The van der Waals surface area contributed by atoms with Gasteiger partial charge < -0.3 is 10.8 Å². The van der Waals surface area contributed by atoms with Crippen molar-refractivity contribution in [3.63, 3.8) is 0 Å². The van der Waals surface area contributed by atoms with Gasteiger partial charge in [-0.2, -0.15) is 0 Å². The van der Waals surface area contributed by atoms with Crippen LogP contribution in [-0.4, -0.2) is 11.4 Å². The molecule has 0 aromatic carbocycles. The minimum absolute atomic E-state index is 0.295. The Labute approximate surface area is 59.5 Å². The molecule has 0 fully saturated rings. The number of halogens is 1. The highest BCUT2D eigenvalue weighted by molar-refractivity contribution is 6.43. The molecule has 2 N–H and O–H groups in total. The molecule has 0 amide bonds. The van der Waals surface area contributed by atoms with Crippen molar-refractivity contribution in [3.05, 3.63) is 11.1 Å². The van der Waals surface area contributed by atoms with Gasteiger partial charge in [-0.05, 0) is 19.9 Å². The molecule has 3 heteroatoms. The van der Waals surface area contributed by atoms with Crippen LogP contribution in [-0.2, 0) is 0 Å². The Morgan fingerprint density at radius 2 is 1.78 bits per heavy atom. The monoisotopic (exact) mass is 144 g/mol. The molecule has 0 aliphatic carbocycles. The lowest BCUT2D eigenvalue weighted by molar-refractivity contribution is 1.47. The normalized spacial score (nSPS) is 11.2. The Kier molecular flexibility index (Phi) is 3.17. The van der Waals surface area contributed by atoms with Crippen LogP contribution < -0.4 is 0 Å². The van der Waals surface area contributed by atoms with Gasteiger partial charge in [-0.3, -0.25) is 0 Å². The van der Waals surface area contributed by atoms with Gasteiger partial charge in [-0.15, -0.1) is 0 Å². The molecule has 0 aliphatic heterocycles. The SMILES string of the molecule is CC(=N)/C=C(/Cl)C(C)=N. The van der Waals surface area contributed by atoms with Crippen LogP contribution in [0.1, 0.15) is 13.8 Å². The summed E-state index contributed by atoms with van der Waals surface area (Å²) in [5, 5.41) is 14.3. The zero-order valence-corrected chi connectivity index (χ0v) is 6.21. The Hall–Kier alpha value is -0.630. The molecule has 0 saturated heterocycles. The molecule has 0 aromatic heterocycles. The van der Waals surface area contributed by atoms with Gasteiger partial charge in [0.15, 0.2) is 0 Å². The van der Waals surface area contributed by atoms with Crippen LogP contribution in [0.4, 0.5) is 0 Å². The lowest BCUT2D eigenvalue weighted by Crippen LogP contribution is -1.90. The second-order valence-electron chi connectivity index (χ2n) is 1.80. The van der Waals surface area contributed by atoms with Crippen molar-refractivity contribution >= 4 is 23.0 Å². The summed E-state index contributed by atoms with van der Waals surface area (Å²) in [6.07, 6.45) is 1.45. The molecule has 0 aromatic rings. The molecule has 0 heterocycles. The maximum Gasteiger partial charge on any atom is 0.0628 e. The van der Waals surface area contributed by atoms with Crippen LogP contribution in [0.5, 0.6) is 0 Å². The van der Waals surface area contributed by atoms with Crippen molar-refractivity contribution in [1.82, 2.24) is 0 Å². The molecule has 0 saturated carbocycles. The Morgan fingerprint density at radius 1 is 1.33 bits per heavy atom. The van der Waals surface area contributed by atoms with E-state index in [4.69, 9.17) is 22.4 Å². The van der Waals surface area contributed by atoms with E-state index in [9.17, 15) is 0 Å². The van der Waals surface area contributed by atoms with Gasteiger partial charge in [0.05, 0.1) is 5.03 Å². The highest BCUT2D eigenvalue weighted by Crippen LogP contribution is 2.01.